The largest absolute Gasteiger partial charge is 0.491 e. The first-order valence-electron chi connectivity index (χ1n) is 9.75. The number of thiophene rings is 1. The van der Waals surface area contributed by atoms with Crippen LogP contribution in [0.1, 0.15) is 42.2 Å². The molecule has 1 aromatic heterocycles. The first kappa shape index (κ1) is 20.6. The van der Waals surface area contributed by atoms with Gasteiger partial charge in [-0.25, -0.2) is 8.42 Å². The van der Waals surface area contributed by atoms with E-state index in [0.29, 0.717) is 5.69 Å². The molecule has 1 aliphatic heterocycles. The topological polar surface area (TPSA) is 72.5 Å². The second kappa shape index (κ2) is 7.89. The van der Waals surface area contributed by atoms with E-state index in [1.807, 2.05) is 45.0 Å². The Hall–Kier alpha value is -2.64. The number of benzene rings is 2. The molecule has 1 N–H and O–H groups in total. The van der Waals surface area contributed by atoms with Gasteiger partial charge < -0.3 is 10.1 Å². The predicted octanol–water partition coefficient (Wildman–Crippen LogP) is 5.15. The minimum Gasteiger partial charge on any atom is -0.491 e. The van der Waals surface area contributed by atoms with Crippen LogP contribution in [-0.4, -0.2) is 20.4 Å². The van der Waals surface area contributed by atoms with Gasteiger partial charge in [0.05, 0.1) is 16.7 Å². The van der Waals surface area contributed by atoms with Crippen LogP contribution in [0.25, 0.3) is 0 Å². The van der Waals surface area contributed by atoms with Gasteiger partial charge in [0.1, 0.15) is 10.6 Å². The lowest BCUT2D eigenvalue weighted by molar-refractivity contribution is -0.116. The zero-order valence-electron chi connectivity index (χ0n) is 17.0. The lowest BCUT2D eigenvalue weighted by Gasteiger charge is -2.24. The van der Waals surface area contributed by atoms with Crippen molar-refractivity contribution in [2.45, 2.75) is 49.0 Å². The molecule has 0 bridgehead atoms. The second-order valence-corrected chi connectivity index (χ2v) is 10.5. The van der Waals surface area contributed by atoms with Crippen molar-refractivity contribution in [1.82, 2.24) is 0 Å². The Morgan fingerprint density at radius 3 is 2.57 bits per heavy atom. The minimum absolute atomic E-state index is 0.0402. The minimum atomic E-state index is -3.74. The summed E-state index contributed by atoms with van der Waals surface area (Å²) in [6, 6.07) is 14.4. The van der Waals surface area contributed by atoms with Gasteiger partial charge in [-0.15, -0.1) is 11.3 Å². The fraction of sp³-hybridized carbons (Fsp3) is 0.261. The van der Waals surface area contributed by atoms with Crippen molar-refractivity contribution in [2.75, 3.05) is 5.32 Å². The highest BCUT2D eigenvalue weighted by Crippen LogP contribution is 2.46. The number of hydrogen-bond donors (Lipinski definition) is 1. The van der Waals surface area contributed by atoms with Crippen LogP contribution in [0, 0.1) is 6.92 Å². The summed E-state index contributed by atoms with van der Waals surface area (Å²) in [4.78, 5) is 13.7. The Morgan fingerprint density at radius 1 is 1.13 bits per heavy atom. The summed E-state index contributed by atoms with van der Waals surface area (Å²) in [6.07, 6.45) is 0.307. The van der Waals surface area contributed by atoms with E-state index in [1.54, 1.807) is 29.6 Å². The maximum absolute atomic E-state index is 13.2. The van der Waals surface area contributed by atoms with E-state index in [9.17, 15) is 13.2 Å². The molecule has 0 aliphatic carbocycles. The molecule has 1 amide bonds. The van der Waals surface area contributed by atoms with Crippen LogP contribution in [0.5, 0.6) is 5.75 Å². The number of amides is 1. The summed E-state index contributed by atoms with van der Waals surface area (Å²) >= 11 is 1.37. The number of ether oxygens (including phenoxy) is 1. The van der Waals surface area contributed by atoms with Gasteiger partial charge in [-0.3, -0.25) is 4.79 Å². The van der Waals surface area contributed by atoms with Crippen molar-refractivity contribution in [3.05, 3.63) is 69.9 Å². The average Bonchev–Trinajstić information content (AvgIpc) is 3.12. The van der Waals surface area contributed by atoms with Gasteiger partial charge in [0.15, 0.2) is 0 Å². The number of hydrogen-bond acceptors (Lipinski definition) is 5. The van der Waals surface area contributed by atoms with E-state index in [1.165, 1.54) is 11.3 Å². The molecule has 0 fully saturated rings. The molecule has 7 heteroatoms. The molecule has 0 radical (unpaired) electrons. The van der Waals surface area contributed by atoms with Gasteiger partial charge in [0.2, 0.25) is 15.7 Å². The number of aryl methyl sites for hydroxylation is 1. The van der Waals surface area contributed by atoms with E-state index in [-0.39, 0.29) is 34.1 Å². The standard InChI is InChI=1S/C23H23NO4S2/c1-14(2)28-17-6-4-5-16(11-17)19-12-21(25)24-22-20(13-29-23(19)22)30(26,27)18-9-7-15(3)8-10-18/h4-11,13-14,19H,12H2,1-3H3,(H,24,25). The van der Waals surface area contributed by atoms with Gasteiger partial charge in [-0.05, 0) is 50.6 Å². The number of carbonyl (C=O) groups excluding carboxylic acids is 1. The summed E-state index contributed by atoms with van der Waals surface area (Å²) < 4.78 is 32.3. The SMILES string of the molecule is Cc1ccc(S(=O)(=O)c2csc3c2NC(=O)CC3c2cccc(OC(C)C)c2)cc1. The summed E-state index contributed by atoms with van der Waals surface area (Å²) in [5.74, 6) is 0.331. The molecule has 4 rings (SSSR count). The molecule has 1 atom stereocenters. The number of carbonyl (C=O) groups is 1. The molecule has 0 saturated heterocycles. The highest BCUT2D eigenvalue weighted by Gasteiger charge is 2.34. The van der Waals surface area contributed by atoms with Gasteiger partial charge >= 0.3 is 0 Å². The molecular formula is C23H23NO4S2. The van der Waals surface area contributed by atoms with Crippen molar-refractivity contribution >= 4 is 32.8 Å². The van der Waals surface area contributed by atoms with Gasteiger partial charge in [0, 0.05) is 22.6 Å². The lowest BCUT2D eigenvalue weighted by Crippen LogP contribution is -2.23. The van der Waals surface area contributed by atoms with Crippen molar-refractivity contribution in [3.8, 4) is 5.75 Å². The Balaban J connectivity index is 1.77. The monoisotopic (exact) mass is 441 g/mol. The molecule has 3 aromatic rings. The molecule has 0 saturated carbocycles. The molecule has 30 heavy (non-hydrogen) atoms. The number of anilines is 1. The van der Waals surface area contributed by atoms with Crippen LogP contribution in [-0.2, 0) is 14.6 Å². The third-order valence-electron chi connectivity index (χ3n) is 5.01. The summed E-state index contributed by atoms with van der Waals surface area (Å²) in [7, 11) is -3.74. The predicted molar refractivity (Wildman–Crippen MR) is 118 cm³/mol. The van der Waals surface area contributed by atoms with Crippen molar-refractivity contribution in [1.29, 1.82) is 0 Å². The lowest BCUT2D eigenvalue weighted by atomic mass is 9.90. The molecular weight excluding hydrogens is 418 g/mol. The van der Waals surface area contributed by atoms with Gasteiger partial charge in [-0.2, -0.15) is 0 Å². The van der Waals surface area contributed by atoms with E-state index in [2.05, 4.69) is 5.32 Å². The maximum atomic E-state index is 13.2. The molecule has 2 aromatic carbocycles. The van der Waals surface area contributed by atoms with Crippen LogP contribution >= 0.6 is 11.3 Å². The highest BCUT2D eigenvalue weighted by atomic mass is 32.2. The fourth-order valence-electron chi connectivity index (χ4n) is 3.59. The smallest absolute Gasteiger partial charge is 0.225 e. The summed E-state index contributed by atoms with van der Waals surface area (Å²) in [5.41, 5.74) is 2.32. The Bertz CT molecular complexity index is 1190. The fourth-order valence-corrected chi connectivity index (χ4v) is 6.50. The van der Waals surface area contributed by atoms with Gasteiger partial charge in [0.25, 0.3) is 0 Å². The summed E-state index contributed by atoms with van der Waals surface area (Å²) in [5, 5.41) is 4.44. The summed E-state index contributed by atoms with van der Waals surface area (Å²) in [6.45, 7) is 5.82. The zero-order valence-corrected chi connectivity index (χ0v) is 18.6. The molecule has 5 nitrogen and oxygen atoms in total. The molecule has 156 valence electrons. The third-order valence-corrected chi connectivity index (χ3v) is 8.05. The first-order valence-corrected chi connectivity index (χ1v) is 12.1. The number of nitrogens with one attached hydrogen (secondary N) is 1. The van der Waals surface area contributed by atoms with E-state index in [4.69, 9.17) is 4.74 Å². The van der Waals surface area contributed by atoms with E-state index in [0.717, 1.165) is 21.8 Å². The van der Waals surface area contributed by atoms with Crippen LogP contribution in [0.2, 0.25) is 0 Å². The average molecular weight is 442 g/mol. The van der Waals surface area contributed by atoms with Crippen LogP contribution in [0.15, 0.2) is 63.7 Å². The molecule has 2 heterocycles. The maximum Gasteiger partial charge on any atom is 0.225 e. The van der Waals surface area contributed by atoms with E-state index < -0.39 is 9.84 Å². The molecule has 1 aliphatic rings. The zero-order chi connectivity index (χ0) is 21.5. The molecule has 0 spiro atoms. The third kappa shape index (κ3) is 3.87. The Morgan fingerprint density at radius 2 is 1.87 bits per heavy atom. The number of fused-ring (bicyclic) bond motifs is 1. The van der Waals surface area contributed by atoms with Crippen molar-refractivity contribution in [2.24, 2.45) is 0 Å². The Kier molecular flexibility index (Phi) is 5.42. The molecule has 1 unspecified atom stereocenters. The number of rotatable bonds is 5. The van der Waals surface area contributed by atoms with Gasteiger partial charge in [-0.1, -0.05) is 29.8 Å². The van der Waals surface area contributed by atoms with Crippen LogP contribution < -0.4 is 10.1 Å². The van der Waals surface area contributed by atoms with Crippen molar-refractivity contribution < 1.29 is 17.9 Å². The van der Waals surface area contributed by atoms with Crippen molar-refractivity contribution in [3.63, 3.8) is 0 Å². The second-order valence-electron chi connectivity index (χ2n) is 7.70. The Labute approximate surface area is 180 Å². The quantitative estimate of drug-likeness (QED) is 0.594. The highest BCUT2D eigenvalue weighted by molar-refractivity contribution is 7.91. The first-order chi connectivity index (χ1) is 14.3. The van der Waals surface area contributed by atoms with Crippen LogP contribution in [0.4, 0.5) is 5.69 Å². The van der Waals surface area contributed by atoms with Crippen LogP contribution in [0.3, 0.4) is 0 Å². The number of sulfone groups is 1. The van der Waals surface area contributed by atoms with E-state index >= 15 is 0 Å². The normalized spacial score (nSPS) is 16.3.